The quantitative estimate of drug-likeness (QED) is 0.444. The molecule has 4 atom stereocenters. The Kier molecular flexibility index (Phi) is 0.342. The van der Waals surface area contributed by atoms with Crippen LogP contribution in [0.3, 0.4) is 0 Å². The van der Waals surface area contributed by atoms with Crippen LogP contribution in [0.4, 0.5) is 0 Å². The molecule has 3 rings (SSSR count). The number of fused-ring (bicyclic) bond motifs is 3. The van der Waals surface area contributed by atoms with Gasteiger partial charge in [0.05, 0.1) is 0 Å². The highest BCUT2D eigenvalue weighted by atomic mass is 14.9. The summed E-state index contributed by atoms with van der Waals surface area (Å²) in [6, 6.07) is 0. The summed E-state index contributed by atoms with van der Waals surface area (Å²) in [7, 11) is 0. The Balaban J connectivity index is 1.96. The Hall–Kier alpha value is 0. The van der Waals surface area contributed by atoms with Gasteiger partial charge in [0.2, 0.25) is 0 Å². The van der Waals surface area contributed by atoms with Crippen molar-refractivity contribution in [2.24, 2.45) is 29.1 Å². The summed E-state index contributed by atoms with van der Waals surface area (Å²) in [6.45, 7) is 4.85. The van der Waals surface area contributed by atoms with E-state index in [-0.39, 0.29) is 0 Å². The molecular weight excluding hydrogens is 96.1 g/mol. The molecule has 3 saturated carbocycles. The molecule has 3 aliphatic rings. The largest absolute Gasteiger partial charge is 0.0617 e. The van der Waals surface area contributed by atoms with Crippen LogP contribution >= 0.6 is 0 Å². The molecule has 3 aliphatic carbocycles. The number of rotatable bonds is 0. The van der Waals surface area contributed by atoms with Crippen LogP contribution in [0.1, 0.15) is 20.3 Å². The Morgan fingerprint density at radius 1 is 1.12 bits per heavy atom. The van der Waals surface area contributed by atoms with Gasteiger partial charge in [-0.15, -0.1) is 0 Å². The van der Waals surface area contributed by atoms with Crippen molar-refractivity contribution in [3.05, 3.63) is 0 Å². The summed E-state index contributed by atoms with van der Waals surface area (Å²) >= 11 is 0. The molecular formula is C8H12. The first-order valence-electron chi connectivity index (χ1n) is 3.79. The predicted molar refractivity (Wildman–Crippen MR) is 32.4 cm³/mol. The van der Waals surface area contributed by atoms with Gasteiger partial charge in [-0.25, -0.2) is 0 Å². The summed E-state index contributed by atoms with van der Waals surface area (Å²) in [5.74, 6) is 4.66. The molecule has 0 radical (unpaired) electrons. The van der Waals surface area contributed by atoms with Crippen molar-refractivity contribution in [3.63, 3.8) is 0 Å². The van der Waals surface area contributed by atoms with E-state index in [1.54, 1.807) is 6.42 Å². The molecule has 0 nitrogen and oxygen atoms in total. The maximum Gasteiger partial charge on any atom is -0.0178 e. The summed E-state index contributed by atoms with van der Waals surface area (Å²) in [5, 5.41) is 0. The van der Waals surface area contributed by atoms with E-state index < -0.39 is 0 Å². The van der Waals surface area contributed by atoms with Gasteiger partial charge in [-0.2, -0.15) is 0 Å². The Morgan fingerprint density at radius 3 is 1.62 bits per heavy atom. The fourth-order valence-corrected chi connectivity index (χ4v) is 3.22. The van der Waals surface area contributed by atoms with Gasteiger partial charge >= 0.3 is 0 Å². The van der Waals surface area contributed by atoms with Gasteiger partial charge < -0.3 is 0 Å². The van der Waals surface area contributed by atoms with Crippen LogP contribution < -0.4 is 0 Å². The maximum atomic E-state index is 2.43. The topological polar surface area (TPSA) is 0 Å². The summed E-state index contributed by atoms with van der Waals surface area (Å²) < 4.78 is 0. The first-order chi connectivity index (χ1) is 3.79. The molecule has 0 aromatic heterocycles. The van der Waals surface area contributed by atoms with Crippen molar-refractivity contribution >= 4 is 0 Å². The smallest absolute Gasteiger partial charge is 0.0178 e. The van der Waals surface area contributed by atoms with Crippen molar-refractivity contribution in [1.82, 2.24) is 0 Å². The second-order valence-corrected chi connectivity index (χ2v) is 4.03. The van der Waals surface area contributed by atoms with Crippen LogP contribution in [0.25, 0.3) is 0 Å². The molecule has 3 fully saturated rings. The van der Waals surface area contributed by atoms with Crippen molar-refractivity contribution < 1.29 is 0 Å². The molecule has 0 aromatic rings. The van der Waals surface area contributed by atoms with Crippen LogP contribution in [-0.4, -0.2) is 0 Å². The highest BCUT2D eigenvalue weighted by Gasteiger charge is 2.88. The van der Waals surface area contributed by atoms with Crippen molar-refractivity contribution in [2.45, 2.75) is 20.3 Å². The van der Waals surface area contributed by atoms with E-state index >= 15 is 0 Å². The van der Waals surface area contributed by atoms with E-state index in [1.807, 2.05) is 0 Å². The molecule has 4 unspecified atom stereocenters. The average Bonchev–Trinajstić information content (AvgIpc) is 2.43. The zero-order chi connectivity index (χ0) is 5.52. The van der Waals surface area contributed by atoms with Gasteiger partial charge in [0.1, 0.15) is 0 Å². The lowest BCUT2D eigenvalue weighted by Crippen LogP contribution is -1.89. The Bertz CT molecular complexity index is 141. The van der Waals surface area contributed by atoms with Crippen LogP contribution in [0.15, 0.2) is 0 Å². The van der Waals surface area contributed by atoms with Crippen LogP contribution in [0.5, 0.6) is 0 Å². The Labute approximate surface area is 50.3 Å². The van der Waals surface area contributed by atoms with Gasteiger partial charge in [0.25, 0.3) is 0 Å². The third-order valence-electron chi connectivity index (χ3n) is 4.18. The SMILES string of the molecule is CC1C(C)C12C1CC12. The zero-order valence-electron chi connectivity index (χ0n) is 5.52. The molecule has 0 aliphatic heterocycles. The third-order valence-corrected chi connectivity index (χ3v) is 4.18. The lowest BCUT2D eigenvalue weighted by molar-refractivity contribution is 0.535. The Morgan fingerprint density at radius 2 is 1.62 bits per heavy atom. The lowest BCUT2D eigenvalue weighted by atomic mass is 10.1. The van der Waals surface area contributed by atoms with E-state index in [4.69, 9.17) is 0 Å². The van der Waals surface area contributed by atoms with E-state index in [0.29, 0.717) is 0 Å². The standard InChI is InChI=1S/C8H12/c1-4-5(2)8(4)6-3-7(6)8/h4-7H,3H2,1-2H3. The number of hydrogen-bond donors (Lipinski definition) is 0. The summed E-state index contributed by atoms with van der Waals surface area (Å²) in [6.07, 6.45) is 1.59. The molecule has 0 saturated heterocycles. The molecule has 0 heterocycles. The van der Waals surface area contributed by atoms with Gasteiger partial charge in [-0.1, -0.05) is 13.8 Å². The molecule has 8 heavy (non-hydrogen) atoms. The number of hydrogen-bond acceptors (Lipinski definition) is 0. The van der Waals surface area contributed by atoms with E-state index in [1.165, 1.54) is 11.8 Å². The minimum atomic E-state index is 0.972. The molecule has 0 bridgehead atoms. The third kappa shape index (κ3) is 0.167. The fourth-order valence-electron chi connectivity index (χ4n) is 3.22. The zero-order valence-corrected chi connectivity index (χ0v) is 5.52. The van der Waals surface area contributed by atoms with Gasteiger partial charge in [-0.3, -0.25) is 0 Å². The average molecular weight is 108 g/mol. The fraction of sp³-hybridized carbons (Fsp3) is 1.00. The molecule has 0 heteroatoms. The first-order valence-corrected chi connectivity index (χ1v) is 3.79. The van der Waals surface area contributed by atoms with Crippen LogP contribution in [0, 0.1) is 29.1 Å². The predicted octanol–water partition coefficient (Wildman–Crippen LogP) is 1.91. The van der Waals surface area contributed by atoms with E-state index in [2.05, 4.69) is 13.8 Å². The van der Waals surface area contributed by atoms with Crippen molar-refractivity contribution in [2.75, 3.05) is 0 Å². The van der Waals surface area contributed by atoms with Gasteiger partial charge in [-0.05, 0) is 35.5 Å². The lowest BCUT2D eigenvalue weighted by Gasteiger charge is -1.94. The van der Waals surface area contributed by atoms with Gasteiger partial charge in [0, 0.05) is 0 Å². The molecule has 44 valence electrons. The molecule has 0 amide bonds. The molecule has 1 spiro atoms. The second kappa shape index (κ2) is 0.698. The monoisotopic (exact) mass is 108 g/mol. The van der Waals surface area contributed by atoms with Crippen molar-refractivity contribution in [1.29, 1.82) is 0 Å². The summed E-state index contributed by atoms with van der Waals surface area (Å²) in [4.78, 5) is 0. The second-order valence-electron chi connectivity index (χ2n) is 4.03. The molecule has 0 N–H and O–H groups in total. The van der Waals surface area contributed by atoms with Crippen LogP contribution in [0.2, 0.25) is 0 Å². The normalized spacial score (nSPS) is 81.8. The maximum absolute atomic E-state index is 2.43. The van der Waals surface area contributed by atoms with Gasteiger partial charge in [0.15, 0.2) is 0 Å². The van der Waals surface area contributed by atoms with Crippen LogP contribution in [-0.2, 0) is 0 Å². The minimum absolute atomic E-state index is 0.972. The minimum Gasteiger partial charge on any atom is -0.0617 e. The first kappa shape index (κ1) is 3.92. The highest BCUT2D eigenvalue weighted by molar-refractivity contribution is 5.35. The molecule has 0 aromatic carbocycles. The van der Waals surface area contributed by atoms with E-state index in [0.717, 1.165) is 17.3 Å². The van der Waals surface area contributed by atoms with Crippen molar-refractivity contribution in [3.8, 4) is 0 Å². The van der Waals surface area contributed by atoms with E-state index in [9.17, 15) is 0 Å². The summed E-state index contributed by atoms with van der Waals surface area (Å²) in [5.41, 5.74) is 0.972. The highest BCUT2D eigenvalue weighted by Crippen LogP contribution is 2.93.